The van der Waals surface area contributed by atoms with Gasteiger partial charge in [-0.25, -0.2) is 0 Å². The number of nitrogens with zero attached hydrogens (tertiary/aromatic N) is 1. The van der Waals surface area contributed by atoms with Gasteiger partial charge in [0.15, 0.2) is 0 Å². The van der Waals surface area contributed by atoms with E-state index in [4.69, 9.17) is 8.83 Å². The van der Waals surface area contributed by atoms with E-state index in [0.717, 1.165) is 66.5 Å². The maximum atomic E-state index is 6.65. The number of furan rings is 2. The van der Waals surface area contributed by atoms with Gasteiger partial charge in [0.25, 0.3) is 0 Å². The van der Waals surface area contributed by atoms with E-state index < -0.39 is 0 Å². The Morgan fingerprint density at radius 1 is 0.365 bits per heavy atom. The van der Waals surface area contributed by atoms with Crippen LogP contribution in [0.25, 0.3) is 86.3 Å². The van der Waals surface area contributed by atoms with Gasteiger partial charge < -0.3 is 13.7 Å². The Bertz CT molecular complexity index is 3130. The third kappa shape index (κ3) is 4.45. The van der Waals surface area contributed by atoms with Crippen LogP contribution in [0, 0.1) is 0 Å². The second kappa shape index (κ2) is 11.5. The van der Waals surface area contributed by atoms with Crippen molar-refractivity contribution >= 4 is 92.4 Å². The summed E-state index contributed by atoms with van der Waals surface area (Å²) in [5, 5.41) is 6.93. The summed E-state index contributed by atoms with van der Waals surface area (Å²) in [7, 11) is 0. The van der Waals surface area contributed by atoms with E-state index in [0.29, 0.717) is 0 Å². The fourth-order valence-electron chi connectivity index (χ4n) is 7.92. The summed E-state index contributed by atoms with van der Waals surface area (Å²) in [6, 6.07) is 62.4. The van der Waals surface area contributed by atoms with E-state index in [2.05, 4.69) is 169 Å². The molecular weight excluding hydrogens is 655 g/mol. The standard InChI is InChI=1S/C48H29NO2S/c1-2-11-30(12-3-1)32-13-8-14-33(29-32)31-23-25-34(26-24-31)49(38-17-9-20-41-45(38)37-16-4-6-19-40(37)50-41)39-18-10-21-42-46(39)47-43(51-42)28-27-36-35-15-5-7-22-44(35)52-48(36)47/h1-29H. The molecule has 11 aromatic rings. The van der Waals surface area contributed by atoms with Crippen molar-refractivity contribution in [1.82, 2.24) is 0 Å². The van der Waals surface area contributed by atoms with Gasteiger partial charge in [-0.15, -0.1) is 11.3 Å². The molecule has 244 valence electrons. The van der Waals surface area contributed by atoms with Gasteiger partial charge in [-0.05, 0) is 89.0 Å². The highest BCUT2D eigenvalue weighted by Crippen LogP contribution is 2.49. The summed E-state index contributed by atoms with van der Waals surface area (Å²) in [5.41, 5.74) is 11.4. The molecule has 4 heteroatoms. The van der Waals surface area contributed by atoms with Crippen LogP contribution < -0.4 is 4.90 Å². The van der Waals surface area contributed by atoms with E-state index >= 15 is 0 Å². The van der Waals surface area contributed by atoms with Crippen LogP contribution in [0.3, 0.4) is 0 Å². The molecule has 11 rings (SSSR count). The molecule has 0 aliphatic rings. The van der Waals surface area contributed by atoms with Gasteiger partial charge in [0.2, 0.25) is 0 Å². The Morgan fingerprint density at radius 3 is 1.75 bits per heavy atom. The molecular formula is C48H29NO2S. The third-order valence-electron chi connectivity index (χ3n) is 10.3. The van der Waals surface area contributed by atoms with Crippen molar-refractivity contribution in [2.45, 2.75) is 0 Å². The zero-order valence-electron chi connectivity index (χ0n) is 27.9. The predicted octanol–water partition coefficient (Wildman–Crippen LogP) is 14.7. The highest BCUT2D eigenvalue weighted by atomic mass is 32.1. The minimum atomic E-state index is 0.856. The van der Waals surface area contributed by atoms with Crippen LogP contribution in [-0.4, -0.2) is 0 Å². The van der Waals surface area contributed by atoms with Crippen molar-refractivity contribution in [1.29, 1.82) is 0 Å². The molecule has 8 aromatic carbocycles. The average molecular weight is 684 g/mol. The van der Waals surface area contributed by atoms with Gasteiger partial charge in [-0.1, -0.05) is 109 Å². The van der Waals surface area contributed by atoms with Crippen LogP contribution in [0.15, 0.2) is 185 Å². The van der Waals surface area contributed by atoms with Gasteiger partial charge in [0, 0.05) is 36.6 Å². The molecule has 0 aliphatic heterocycles. The summed E-state index contributed by atoms with van der Waals surface area (Å²) in [5.74, 6) is 0. The van der Waals surface area contributed by atoms with Gasteiger partial charge in [-0.3, -0.25) is 0 Å². The number of hydrogen-bond donors (Lipinski definition) is 0. The lowest BCUT2D eigenvalue weighted by molar-refractivity contribution is 0.669. The quantitative estimate of drug-likeness (QED) is 0.181. The highest BCUT2D eigenvalue weighted by Gasteiger charge is 2.24. The van der Waals surface area contributed by atoms with Crippen molar-refractivity contribution in [3.05, 3.63) is 176 Å². The summed E-state index contributed by atoms with van der Waals surface area (Å²) >= 11 is 1.83. The van der Waals surface area contributed by atoms with Gasteiger partial charge >= 0.3 is 0 Å². The number of hydrogen-bond acceptors (Lipinski definition) is 4. The average Bonchev–Trinajstić information content (AvgIpc) is 3.90. The molecule has 0 amide bonds. The number of fused-ring (bicyclic) bond motifs is 10. The molecule has 0 fully saturated rings. The van der Waals surface area contributed by atoms with Crippen molar-refractivity contribution in [3.8, 4) is 22.3 Å². The zero-order valence-corrected chi connectivity index (χ0v) is 28.7. The summed E-state index contributed by atoms with van der Waals surface area (Å²) < 4.78 is 15.6. The fraction of sp³-hybridized carbons (Fsp3) is 0. The van der Waals surface area contributed by atoms with E-state index in [9.17, 15) is 0 Å². The first kappa shape index (κ1) is 29.1. The molecule has 0 saturated carbocycles. The Balaban J connectivity index is 1.17. The van der Waals surface area contributed by atoms with E-state index in [1.54, 1.807) is 0 Å². The Morgan fingerprint density at radius 2 is 0.942 bits per heavy atom. The van der Waals surface area contributed by atoms with Gasteiger partial charge in [0.05, 0.1) is 22.1 Å². The first-order valence-corrected chi connectivity index (χ1v) is 18.3. The number of thiophene rings is 1. The number of rotatable bonds is 5. The molecule has 0 unspecified atom stereocenters. The number of anilines is 3. The highest BCUT2D eigenvalue weighted by molar-refractivity contribution is 7.26. The Kier molecular flexibility index (Phi) is 6.42. The second-order valence-electron chi connectivity index (χ2n) is 13.2. The van der Waals surface area contributed by atoms with Crippen LogP contribution in [0.1, 0.15) is 0 Å². The first-order chi connectivity index (χ1) is 25.8. The topological polar surface area (TPSA) is 29.5 Å². The number of para-hydroxylation sites is 1. The molecule has 3 nitrogen and oxygen atoms in total. The SMILES string of the molecule is c1ccc(-c2cccc(-c3ccc(N(c4cccc5oc6ccccc6c45)c4cccc5oc6ccc7c8ccccc8sc7c6c45)cc3)c2)cc1. The molecule has 0 spiro atoms. The maximum absolute atomic E-state index is 6.65. The molecule has 0 N–H and O–H groups in total. The van der Waals surface area contributed by atoms with Crippen LogP contribution >= 0.6 is 11.3 Å². The first-order valence-electron chi connectivity index (χ1n) is 17.5. The van der Waals surface area contributed by atoms with Crippen molar-refractivity contribution in [2.24, 2.45) is 0 Å². The predicted molar refractivity (Wildman–Crippen MR) is 219 cm³/mol. The normalized spacial score (nSPS) is 11.8. The van der Waals surface area contributed by atoms with Crippen molar-refractivity contribution < 1.29 is 8.83 Å². The zero-order chi connectivity index (χ0) is 34.2. The van der Waals surface area contributed by atoms with Crippen LogP contribution in [0.4, 0.5) is 17.1 Å². The van der Waals surface area contributed by atoms with Crippen molar-refractivity contribution in [3.63, 3.8) is 0 Å². The van der Waals surface area contributed by atoms with Crippen molar-refractivity contribution in [2.75, 3.05) is 4.90 Å². The Hall–Kier alpha value is -6.62. The lowest BCUT2D eigenvalue weighted by Crippen LogP contribution is -2.10. The van der Waals surface area contributed by atoms with Crippen LogP contribution in [0.5, 0.6) is 0 Å². The molecule has 0 saturated heterocycles. The van der Waals surface area contributed by atoms with Crippen LogP contribution in [0.2, 0.25) is 0 Å². The van der Waals surface area contributed by atoms with Gasteiger partial charge in [-0.2, -0.15) is 0 Å². The fourth-order valence-corrected chi connectivity index (χ4v) is 9.16. The second-order valence-corrected chi connectivity index (χ2v) is 14.3. The molecule has 0 bridgehead atoms. The number of benzene rings is 8. The lowest BCUT2D eigenvalue weighted by atomic mass is 9.98. The van der Waals surface area contributed by atoms with Crippen LogP contribution in [-0.2, 0) is 0 Å². The van der Waals surface area contributed by atoms with E-state index in [-0.39, 0.29) is 0 Å². The minimum Gasteiger partial charge on any atom is -0.456 e. The molecule has 0 radical (unpaired) electrons. The smallest absolute Gasteiger partial charge is 0.137 e. The van der Waals surface area contributed by atoms with E-state index in [1.807, 2.05) is 23.5 Å². The summed E-state index contributed by atoms with van der Waals surface area (Å²) in [6.45, 7) is 0. The Labute approximate surface area is 303 Å². The van der Waals surface area contributed by atoms with Gasteiger partial charge in [0.1, 0.15) is 22.3 Å². The third-order valence-corrected chi connectivity index (χ3v) is 11.5. The largest absolute Gasteiger partial charge is 0.456 e. The molecule has 0 atom stereocenters. The molecule has 0 aliphatic carbocycles. The molecule has 3 heterocycles. The lowest BCUT2D eigenvalue weighted by Gasteiger charge is -2.27. The summed E-state index contributed by atoms with van der Waals surface area (Å²) in [4.78, 5) is 2.39. The molecule has 3 aromatic heterocycles. The monoisotopic (exact) mass is 683 g/mol. The van der Waals surface area contributed by atoms with E-state index in [1.165, 1.54) is 36.9 Å². The molecule has 52 heavy (non-hydrogen) atoms. The summed E-state index contributed by atoms with van der Waals surface area (Å²) in [6.07, 6.45) is 0. The maximum Gasteiger partial charge on any atom is 0.137 e. The minimum absolute atomic E-state index is 0.856.